The first kappa shape index (κ1) is 9.66. The van der Waals surface area contributed by atoms with Crippen molar-refractivity contribution in [1.29, 1.82) is 0 Å². The smallest absolute Gasteiger partial charge is 0.243 e. The molecule has 60 valence electrons. The van der Waals surface area contributed by atoms with Crippen molar-refractivity contribution < 1.29 is 13.9 Å². The van der Waals surface area contributed by atoms with E-state index in [0.717, 1.165) is 0 Å². The Morgan fingerprint density at radius 1 is 1.70 bits per heavy atom. The molecular weight excluding hydrogens is 153 g/mol. The Hall–Kier alpha value is -0.340. The van der Waals surface area contributed by atoms with Gasteiger partial charge in [0.2, 0.25) is 5.91 Å². The normalized spacial score (nSPS) is 16.2. The number of carbonyl (C=O) groups is 1. The summed E-state index contributed by atoms with van der Waals surface area (Å²) < 4.78 is 15.8. The zero-order chi connectivity index (χ0) is 8.20. The second-order valence-electron chi connectivity index (χ2n) is 2.07. The third-order valence-electron chi connectivity index (χ3n) is 1.05. The van der Waals surface area contributed by atoms with Gasteiger partial charge in [-0.15, -0.1) is 0 Å². The number of rotatable bonds is 4. The van der Waals surface area contributed by atoms with E-state index >= 15 is 0 Å². The standard InChI is InChI=1S/C5H12NO3P/c1-3-10(2,8)9-4-5(6)7/h3-4H2,1-2H3,(H2,6,7). The lowest BCUT2D eigenvalue weighted by Crippen LogP contribution is -2.17. The second-order valence-corrected chi connectivity index (χ2v) is 4.99. The van der Waals surface area contributed by atoms with E-state index in [2.05, 4.69) is 0 Å². The monoisotopic (exact) mass is 165 g/mol. The molecule has 0 saturated heterocycles. The van der Waals surface area contributed by atoms with Crippen LogP contribution in [0.5, 0.6) is 0 Å². The first-order chi connectivity index (χ1) is 4.48. The summed E-state index contributed by atoms with van der Waals surface area (Å²) in [5.74, 6) is -0.587. The molecule has 0 saturated carbocycles. The van der Waals surface area contributed by atoms with Crippen LogP contribution in [0.4, 0.5) is 0 Å². The maximum absolute atomic E-state index is 11.1. The van der Waals surface area contributed by atoms with Crippen molar-refractivity contribution in [2.45, 2.75) is 6.92 Å². The summed E-state index contributed by atoms with van der Waals surface area (Å²) in [6.45, 7) is 2.97. The number of hydrogen-bond donors (Lipinski definition) is 1. The van der Waals surface area contributed by atoms with Gasteiger partial charge in [-0.25, -0.2) is 0 Å². The summed E-state index contributed by atoms with van der Waals surface area (Å²) in [5.41, 5.74) is 4.77. The van der Waals surface area contributed by atoms with Crippen LogP contribution in [0.15, 0.2) is 0 Å². The van der Waals surface area contributed by atoms with Crippen LogP contribution in [0.1, 0.15) is 6.92 Å². The van der Waals surface area contributed by atoms with Crippen LogP contribution in [-0.2, 0) is 13.9 Å². The predicted molar refractivity (Wildman–Crippen MR) is 39.2 cm³/mol. The van der Waals surface area contributed by atoms with Crippen molar-refractivity contribution in [2.24, 2.45) is 5.73 Å². The van der Waals surface area contributed by atoms with Crippen molar-refractivity contribution in [3.05, 3.63) is 0 Å². The van der Waals surface area contributed by atoms with Gasteiger partial charge in [0.15, 0.2) is 7.37 Å². The molecule has 0 aliphatic rings. The minimum atomic E-state index is -2.53. The Bertz CT molecular complexity index is 168. The molecule has 1 atom stereocenters. The zero-order valence-corrected chi connectivity index (χ0v) is 7.06. The highest BCUT2D eigenvalue weighted by molar-refractivity contribution is 7.58. The lowest BCUT2D eigenvalue weighted by atomic mass is 10.7. The maximum atomic E-state index is 11.1. The van der Waals surface area contributed by atoms with Crippen LogP contribution < -0.4 is 5.73 Å². The highest BCUT2D eigenvalue weighted by Gasteiger charge is 2.12. The first-order valence-electron chi connectivity index (χ1n) is 2.97. The fraction of sp³-hybridized carbons (Fsp3) is 0.800. The van der Waals surface area contributed by atoms with E-state index in [1.165, 1.54) is 6.66 Å². The Morgan fingerprint density at radius 2 is 2.20 bits per heavy atom. The van der Waals surface area contributed by atoms with E-state index in [9.17, 15) is 9.36 Å². The van der Waals surface area contributed by atoms with E-state index in [1.54, 1.807) is 6.92 Å². The molecule has 1 unspecified atom stereocenters. The molecule has 0 aliphatic heterocycles. The maximum Gasteiger partial charge on any atom is 0.243 e. The number of nitrogens with two attached hydrogens (primary N) is 1. The topological polar surface area (TPSA) is 69.4 Å². The lowest BCUT2D eigenvalue weighted by molar-refractivity contribution is -0.119. The molecule has 0 rings (SSSR count). The van der Waals surface area contributed by atoms with Gasteiger partial charge < -0.3 is 10.3 Å². The highest BCUT2D eigenvalue weighted by atomic mass is 31.2. The molecule has 2 N–H and O–H groups in total. The van der Waals surface area contributed by atoms with Gasteiger partial charge in [0.05, 0.1) is 0 Å². The molecule has 0 aliphatic carbocycles. The quantitative estimate of drug-likeness (QED) is 0.613. The van der Waals surface area contributed by atoms with Gasteiger partial charge in [-0.2, -0.15) is 0 Å². The zero-order valence-electron chi connectivity index (χ0n) is 6.16. The Labute approximate surface area is 60.2 Å². The minimum absolute atomic E-state index is 0.248. The number of carbonyl (C=O) groups excluding carboxylic acids is 1. The summed E-state index contributed by atoms with van der Waals surface area (Å²) in [6.07, 6.45) is 0.431. The minimum Gasteiger partial charge on any atom is -0.368 e. The molecule has 0 fully saturated rings. The van der Waals surface area contributed by atoms with Gasteiger partial charge in [0.1, 0.15) is 6.61 Å². The van der Waals surface area contributed by atoms with E-state index in [4.69, 9.17) is 10.3 Å². The fourth-order valence-corrected chi connectivity index (χ4v) is 0.874. The van der Waals surface area contributed by atoms with E-state index in [1.807, 2.05) is 0 Å². The van der Waals surface area contributed by atoms with Crippen LogP contribution in [-0.4, -0.2) is 25.3 Å². The molecule has 0 aromatic carbocycles. The van der Waals surface area contributed by atoms with Crippen LogP contribution in [0.25, 0.3) is 0 Å². The molecule has 0 aromatic heterocycles. The predicted octanol–water partition coefficient (Wildman–Crippen LogP) is 0.416. The third kappa shape index (κ3) is 4.53. The Kier molecular flexibility index (Phi) is 3.61. The van der Waals surface area contributed by atoms with Crippen molar-refractivity contribution in [3.8, 4) is 0 Å². The van der Waals surface area contributed by atoms with Crippen molar-refractivity contribution in [2.75, 3.05) is 19.4 Å². The molecular formula is C5H12NO3P. The first-order valence-corrected chi connectivity index (χ1v) is 5.23. The van der Waals surface area contributed by atoms with Gasteiger partial charge >= 0.3 is 0 Å². The molecule has 0 bridgehead atoms. The molecule has 10 heavy (non-hydrogen) atoms. The van der Waals surface area contributed by atoms with E-state index in [0.29, 0.717) is 6.16 Å². The molecule has 4 nitrogen and oxygen atoms in total. The van der Waals surface area contributed by atoms with Gasteiger partial charge in [0.25, 0.3) is 0 Å². The summed E-state index contributed by atoms with van der Waals surface area (Å²) >= 11 is 0. The van der Waals surface area contributed by atoms with Crippen LogP contribution in [0.3, 0.4) is 0 Å². The van der Waals surface area contributed by atoms with E-state index < -0.39 is 13.3 Å². The summed E-state index contributed by atoms with van der Waals surface area (Å²) in [4.78, 5) is 10.1. The number of amides is 1. The average Bonchev–Trinajstić information content (AvgIpc) is 1.85. The Morgan fingerprint density at radius 3 is 2.50 bits per heavy atom. The van der Waals surface area contributed by atoms with Gasteiger partial charge in [-0.05, 0) is 0 Å². The van der Waals surface area contributed by atoms with E-state index in [-0.39, 0.29) is 6.61 Å². The molecule has 0 spiro atoms. The molecule has 0 radical (unpaired) electrons. The summed E-state index contributed by atoms with van der Waals surface area (Å²) in [5, 5.41) is 0. The SMILES string of the molecule is CCP(C)(=O)OCC(N)=O. The number of primary amides is 1. The van der Waals surface area contributed by atoms with Gasteiger partial charge in [-0.3, -0.25) is 9.36 Å². The van der Waals surface area contributed by atoms with Crippen LogP contribution in [0.2, 0.25) is 0 Å². The average molecular weight is 165 g/mol. The van der Waals surface area contributed by atoms with Crippen LogP contribution in [0, 0.1) is 0 Å². The second kappa shape index (κ2) is 3.74. The molecule has 0 heterocycles. The highest BCUT2D eigenvalue weighted by Crippen LogP contribution is 2.41. The summed E-state index contributed by atoms with van der Waals surface area (Å²) in [7, 11) is -2.53. The molecule has 1 amide bonds. The lowest BCUT2D eigenvalue weighted by Gasteiger charge is -2.08. The fourth-order valence-electron chi connectivity index (χ4n) is 0.291. The van der Waals surface area contributed by atoms with Gasteiger partial charge in [0, 0.05) is 12.8 Å². The number of hydrogen-bond acceptors (Lipinski definition) is 3. The van der Waals surface area contributed by atoms with Crippen molar-refractivity contribution in [3.63, 3.8) is 0 Å². The van der Waals surface area contributed by atoms with Gasteiger partial charge in [-0.1, -0.05) is 6.92 Å². The molecule has 0 aromatic rings. The largest absolute Gasteiger partial charge is 0.368 e. The summed E-state index contributed by atoms with van der Waals surface area (Å²) in [6, 6.07) is 0. The van der Waals surface area contributed by atoms with Crippen LogP contribution >= 0.6 is 7.37 Å². The third-order valence-corrected chi connectivity index (χ3v) is 2.88. The molecule has 5 heteroatoms. The Balaban J connectivity index is 3.68. The van der Waals surface area contributed by atoms with Crippen molar-refractivity contribution >= 4 is 13.3 Å². The van der Waals surface area contributed by atoms with Crippen molar-refractivity contribution in [1.82, 2.24) is 0 Å².